The van der Waals surface area contributed by atoms with Gasteiger partial charge in [0, 0.05) is 35.8 Å². The summed E-state index contributed by atoms with van der Waals surface area (Å²) in [6.07, 6.45) is 1.65. The molecule has 0 aliphatic carbocycles. The van der Waals surface area contributed by atoms with Crippen LogP contribution >= 0.6 is 0 Å². The SMILES string of the molecule is CC(N)c1cccc(-c2cc(CCC3CNCCO3)cc(COc3ccccc3CC(=O)O)c2)c1F. The minimum absolute atomic E-state index is 0.119. The van der Waals surface area contributed by atoms with E-state index in [2.05, 4.69) is 11.4 Å². The molecule has 36 heavy (non-hydrogen) atoms. The molecule has 190 valence electrons. The second-order valence-electron chi connectivity index (χ2n) is 9.24. The van der Waals surface area contributed by atoms with E-state index in [0.717, 1.165) is 42.6 Å². The minimum atomic E-state index is -0.917. The van der Waals surface area contributed by atoms with Gasteiger partial charge in [0.25, 0.3) is 0 Å². The number of aliphatic carboxylic acids is 1. The van der Waals surface area contributed by atoms with Gasteiger partial charge in [-0.1, -0.05) is 48.5 Å². The number of nitrogens with two attached hydrogens (primary N) is 1. The van der Waals surface area contributed by atoms with E-state index in [9.17, 15) is 9.90 Å². The fourth-order valence-corrected chi connectivity index (χ4v) is 4.52. The molecule has 7 heteroatoms. The van der Waals surface area contributed by atoms with E-state index in [1.54, 1.807) is 37.3 Å². The first-order valence-electron chi connectivity index (χ1n) is 12.3. The number of rotatable bonds is 10. The van der Waals surface area contributed by atoms with Crippen molar-refractivity contribution in [3.8, 4) is 16.9 Å². The highest BCUT2D eigenvalue weighted by atomic mass is 19.1. The van der Waals surface area contributed by atoms with E-state index in [4.69, 9.17) is 15.2 Å². The van der Waals surface area contributed by atoms with E-state index in [1.807, 2.05) is 24.3 Å². The number of aryl methyl sites for hydroxylation is 1. The number of ether oxygens (including phenoxy) is 2. The van der Waals surface area contributed by atoms with Gasteiger partial charge in [0.05, 0.1) is 19.1 Å². The summed E-state index contributed by atoms with van der Waals surface area (Å²) in [4.78, 5) is 11.2. The summed E-state index contributed by atoms with van der Waals surface area (Å²) in [5.41, 5.74) is 10.3. The highest BCUT2D eigenvalue weighted by molar-refractivity contribution is 5.71. The van der Waals surface area contributed by atoms with Gasteiger partial charge in [0.15, 0.2) is 0 Å². The molecule has 2 atom stereocenters. The maximum atomic E-state index is 15.4. The monoisotopic (exact) mass is 492 g/mol. The third-order valence-corrected chi connectivity index (χ3v) is 6.35. The van der Waals surface area contributed by atoms with Crippen LogP contribution in [0.15, 0.2) is 60.7 Å². The van der Waals surface area contributed by atoms with Crippen LogP contribution in [0.4, 0.5) is 4.39 Å². The third-order valence-electron chi connectivity index (χ3n) is 6.35. The van der Waals surface area contributed by atoms with Crippen LogP contribution in [0.5, 0.6) is 5.75 Å². The van der Waals surface area contributed by atoms with Gasteiger partial charge >= 0.3 is 5.97 Å². The molecule has 0 aromatic heterocycles. The fourth-order valence-electron chi connectivity index (χ4n) is 4.52. The number of benzene rings is 3. The Bertz CT molecular complexity index is 1190. The summed E-state index contributed by atoms with van der Waals surface area (Å²) < 4.78 is 27.3. The fraction of sp³-hybridized carbons (Fsp3) is 0.345. The molecule has 3 aromatic carbocycles. The van der Waals surface area contributed by atoms with Gasteiger partial charge in [0.2, 0.25) is 0 Å². The van der Waals surface area contributed by atoms with Crippen molar-refractivity contribution in [2.24, 2.45) is 5.73 Å². The Morgan fingerprint density at radius 1 is 1.19 bits per heavy atom. The second kappa shape index (κ2) is 12.1. The zero-order valence-electron chi connectivity index (χ0n) is 20.5. The molecule has 4 N–H and O–H groups in total. The number of nitrogens with one attached hydrogen (secondary N) is 1. The van der Waals surface area contributed by atoms with Crippen molar-refractivity contribution in [2.45, 2.75) is 44.9 Å². The van der Waals surface area contributed by atoms with Crippen LogP contribution in [-0.2, 0) is 29.0 Å². The number of halogens is 1. The van der Waals surface area contributed by atoms with Crippen LogP contribution in [0.1, 0.15) is 41.6 Å². The molecule has 0 saturated carbocycles. The molecule has 1 heterocycles. The van der Waals surface area contributed by atoms with Gasteiger partial charge < -0.3 is 25.6 Å². The summed E-state index contributed by atoms with van der Waals surface area (Å²) in [7, 11) is 0. The normalized spacial score (nSPS) is 16.5. The van der Waals surface area contributed by atoms with Crippen molar-refractivity contribution in [1.82, 2.24) is 5.32 Å². The molecule has 4 rings (SSSR count). The molecule has 3 aromatic rings. The first kappa shape index (κ1) is 25.8. The van der Waals surface area contributed by atoms with E-state index in [1.165, 1.54) is 0 Å². The number of hydrogen-bond donors (Lipinski definition) is 3. The van der Waals surface area contributed by atoms with E-state index in [0.29, 0.717) is 29.0 Å². The molecule has 1 aliphatic heterocycles. The summed E-state index contributed by atoms with van der Waals surface area (Å²) in [5.74, 6) is -0.707. The van der Waals surface area contributed by atoms with Crippen molar-refractivity contribution < 1.29 is 23.8 Å². The number of carbonyl (C=O) groups is 1. The average Bonchev–Trinajstić information content (AvgIpc) is 2.87. The second-order valence-corrected chi connectivity index (χ2v) is 9.24. The van der Waals surface area contributed by atoms with Gasteiger partial charge in [-0.25, -0.2) is 4.39 Å². The van der Waals surface area contributed by atoms with Crippen LogP contribution < -0.4 is 15.8 Å². The maximum absolute atomic E-state index is 15.4. The summed E-state index contributed by atoms with van der Waals surface area (Å²) in [6, 6.07) is 18.0. The number of hydrogen-bond acceptors (Lipinski definition) is 5. The standard InChI is InChI=1S/C29H33FN2O4/c1-19(31)25-6-4-7-26(29(25)30)23-14-20(9-10-24-17-32-11-12-35-24)13-21(15-23)18-36-27-8-3-2-5-22(27)16-28(33)34/h2-8,13-15,19,24,32H,9-12,16-18,31H2,1H3,(H,33,34). The lowest BCUT2D eigenvalue weighted by Crippen LogP contribution is -2.38. The number of carboxylic acids is 1. The zero-order valence-corrected chi connectivity index (χ0v) is 20.5. The molecule has 6 nitrogen and oxygen atoms in total. The van der Waals surface area contributed by atoms with Crippen molar-refractivity contribution in [3.05, 3.63) is 88.7 Å². The van der Waals surface area contributed by atoms with Crippen molar-refractivity contribution in [3.63, 3.8) is 0 Å². The molecule has 1 saturated heterocycles. The molecule has 0 bridgehead atoms. The minimum Gasteiger partial charge on any atom is -0.489 e. The Morgan fingerprint density at radius 2 is 2.00 bits per heavy atom. The van der Waals surface area contributed by atoms with E-state index in [-0.39, 0.29) is 24.9 Å². The Balaban J connectivity index is 1.62. The third kappa shape index (κ3) is 6.69. The van der Waals surface area contributed by atoms with Crippen molar-refractivity contribution in [1.29, 1.82) is 0 Å². The predicted molar refractivity (Wildman–Crippen MR) is 137 cm³/mol. The summed E-state index contributed by atoms with van der Waals surface area (Å²) >= 11 is 0. The zero-order chi connectivity index (χ0) is 25.5. The lowest BCUT2D eigenvalue weighted by atomic mass is 9.94. The lowest BCUT2D eigenvalue weighted by molar-refractivity contribution is -0.136. The molecule has 1 aliphatic rings. The Labute approximate surface area is 211 Å². The van der Waals surface area contributed by atoms with Crippen molar-refractivity contribution >= 4 is 5.97 Å². The number of carboxylic acid groups (broad SMARTS) is 1. The summed E-state index contributed by atoms with van der Waals surface area (Å²) in [5, 5.41) is 12.6. The van der Waals surface area contributed by atoms with Gasteiger partial charge in [-0.2, -0.15) is 0 Å². The molecule has 0 amide bonds. The first-order chi connectivity index (χ1) is 17.4. The van der Waals surface area contributed by atoms with E-state index < -0.39 is 12.0 Å². The lowest BCUT2D eigenvalue weighted by Gasteiger charge is -2.23. The highest BCUT2D eigenvalue weighted by Gasteiger charge is 2.17. The maximum Gasteiger partial charge on any atom is 0.307 e. The van der Waals surface area contributed by atoms with Crippen molar-refractivity contribution in [2.75, 3.05) is 19.7 Å². The van der Waals surface area contributed by atoms with Crippen LogP contribution in [0, 0.1) is 5.82 Å². The first-order valence-corrected chi connectivity index (χ1v) is 12.3. The van der Waals surface area contributed by atoms with Crippen LogP contribution in [0.3, 0.4) is 0 Å². The molecule has 0 radical (unpaired) electrons. The number of para-hydroxylation sites is 1. The van der Waals surface area contributed by atoms with Gasteiger partial charge in [-0.3, -0.25) is 4.79 Å². The molecule has 2 unspecified atom stereocenters. The predicted octanol–water partition coefficient (Wildman–Crippen LogP) is 4.64. The van der Waals surface area contributed by atoms with Crippen LogP contribution in [0.2, 0.25) is 0 Å². The summed E-state index contributed by atoms with van der Waals surface area (Å²) in [6.45, 7) is 4.39. The molecule has 0 spiro atoms. The topological polar surface area (TPSA) is 93.8 Å². The van der Waals surface area contributed by atoms with Crippen LogP contribution in [0.25, 0.3) is 11.1 Å². The van der Waals surface area contributed by atoms with E-state index >= 15 is 4.39 Å². The van der Waals surface area contributed by atoms with Gasteiger partial charge in [0.1, 0.15) is 18.2 Å². The number of morpholine rings is 1. The Hall–Kier alpha value is -3.26. The highest BCUT2D eigenvalue weighted by Crippen LogP contribution is 2.30. The quantitative estimate of drug-likeness (QED) is 0.382. The van der Waals surface area contributed by atoms with Crippen LogP contribution in [-0.4, -0.2) is 36.9 Å². The smallest absolute Gasteiger partial charge is 0.307 e. The molecular weight excluding hydrogens is 459 g/mol. The van der Waals surface area contributed by atoms with Gasteiger partial charge in [-0.15, -0.1) is 0 Å². The molecular formula is C29H33FN2O4. The Morgan fingerprint density at radius 3 is 2.75 bits per heavy atom. The van der Waals surface area contributed by atoms with Gasteiger partial charge in [-0.05, 0) is 48.6 Å². The molecule has 1 fully saturated rings. The Kier molecular flexibility index (Phi) is 8.70. The average molecular weight is 493 g/mol. The largest absolute Gasteiger partial charge is 0.489 e.